The Bertz CT molecular complexity index is 1350. The van der Waals surface area contributed by atoms with Gasteiger partial charge in [0, 0.05) is 12.8 Å². The van der Waals surface area contributed by atoms with Crippen LogP contribution in [0, 0.1) is 0 Å². The molecule has 0 aromatic carbocycles. The van der Waals surface area contributed by atoms with Crippen molar-refractivity contribution in [1.82, 2.24) is 0 Å². The van der Waals surface area contributed by atoms with Crippen molar-refractivity contribution in [1.29, 1.82) is 0 Å². The number of allylic oxidation sites excluding steroid dienone is 8. The number of carbonyl (C=O) groups excluding carboxylic acids is 2. The number of rotatable bonds is 44. The lowest BCUT2D eigenvalue weighted by Gasteiger charge is -2.41. The maximum absolute atomic E-state index is 12.8. The van der Waals surface area contributed by atoms with E-state index in [1.54, 1.807) is 0 Å². The Morgan fingerprint density at radius 1 is 0.463 bits per heavy atom. The SMILES string of the molecule is CCCCC/C=C/C/C=C/C/C=C/C/C=C/CCCC(=O)O[C@@H](COC(=O)CCCCCCCCCCCCCCCCCCCCCCC)COP(=O)(O)OC1C(O)C(O)C(O)[C@H](O)C1O. The molecule has 0 amide bonds. The van der Waals surface area contributed by atoms with Gasteiger partial charge in [0.1, 0.15) is 43.2 Å². The van der Waals surface area contributed by atoms with Crippen LogP contribution in [-0.4, -0.2) is 98.3 Å². The number of hydrogen-bond acceptors (Lipinski definition) is 12. The van der Waals surface area contributed by atoms with Crippen LogP contribution in [0.15, 0.2) is 48.6 Å². The van der Waals surface area contributed by atoms with Gasteiger partial charge in [-0.2, -0.15) is 0 Å². The van der Waals surface area contributed by atoms with E-state index in [0.717, 1.165) is 44.9 Å². The molecule has 0 heterocycles. The molecule has 67 heavy (non-hydrogen) atoms. The number of aliphatic hydroxyl groups is 5. The fourth-order valence-electron chi connectivity index (χ4n) is 7.93. The molecular weight excluding hydrogens is 876 g/mol. The second-order valence-corrected chi connectivity index (χ2v) is 19.8. The molecule has 1 rings (SSSR count). The summed E-state index contributed by atoms with van der Waals surface area (Å²) in [6.07, 6.45) is 38.8. The average molecular weight is 971 g/mol. The predicted octanol–water partition coefficient (Wildman–Crippen LogP) is 11.5. The fourth-order valence-corrected chi connectivity index (χ4v) is 8.90. The lowest BCUT2D eigenvalue weighted by atomic mass is 9.85. The van der Waals surface area contributed by atoms with Crippen molar-refractivity contribution in [3.63, 3.8) is 0 Å². The van der Waals surface area contributed by atoms with Crippen molar-refractivity contribution in [2.45, 2.75) is 262 Å². The highest BCUT2D eigenvalue weighted by Crippen LogP contribution is 2.47. The second kappa shape index (κ2) is 42.7. The lowest BCUT2D eigenvalue weighted by Crippen LogP contribution is -2.64. The Kier molecular flexibility index (Phi) is 40.0. The molecule has 13 nitrogen and oxygen atoms in total. The minimum Gasteiger partial charge on any atom is -0.462 e. The maximum atomic E-state index is 12.8. The van der Waals surface area contributed by atoms with Crippen LogP contribution in [0.5, 0.6) is 0 Å². The molecule has 6 unspecified atom stereocenters. The molecule has 14 heteroatoms. The molecule has 0 aromatic rings. The number of phosphoric acid groups is 1. The summed E-state index contributed by atoms with van der Waals surface area (Å²) in [5, 5.41) is 50.3. The molecular formula is C53H95O13P. The van der Waals surface area contributed by atoms with Gasteiger partial charge in [-0.05, 0) is 51.4 Å². The minimum atomic E-state index is -5.14. The van der Waals surface area contributed by atoms with E-state index in [0.29, 0.717) is 19.3 Å². The van der Waals surface area contributed by atoms with E-state index in [1.165, 1.54) is 128 Å². The Morgan fingerprint density at radius 3 is 1.27 bits per heavy atom. The molecule has 0 aliphatic heterocycles. The molecule has 0 radical (unpaired) electrons. The summed E-state index contributed by atoms with van der Waals surface area (Å²) < 4.78 is 33.6. The molecule has 0 bridgehead atoms. The first-order chi connectivity index (χ1) is 32.4. The number of phosphoric ester groups is 1. The van der Waals surface area contributed by atoms with Crippen LogP contribution in [0.2, 0.25) is 0 Å². The van der Waals surface area contributed by atoms with E-state index in [-0.39, 0.29) is 12.8 Å². The van der Waals surface area contributed by atoms with Crippen LogP contribution in [0.3, 0.4) is 0 Å². The largest absolute Gasteiger partial charge is 0.472 e. The van der Waals surface area contributed by atoms with E-state index in [1.807, 2.05) is 12.2 Å². The predicted molar refractivity (Wildman–Crippen MR) is 267 cm³/mol. The first kappa shape index (κ1) is 62.8. The zero-order valence-corrected chi connectivity index (χ0v) is 42.6. The Balaban J connectivity index is 2.40. The summed E-state index contributed by atoms with van der Waals surface area (Å²) in [5.74, 6) is -1.16. The van der Waals surface area contributed by atoms with Gasteiger partial charge >= 0.3 is 19.8 Å². The van der Waals surface area contributed by atoms with Crippen molar-refractivity contribution in [3.8, 4) is 0 Å². The van der Waals surface area contributed by atoms with Gasteiger partial charge in [0.15, 0.2) is 6.10 Å². The summed E-state index contributed by atoms with van der Waals surface area (Å²) >= 11 is 0. The second-order valence-electron chi connectivity index (χ2n) is 18.4. The molecule has 0 spiro atoms. The lowest BCUT2D eigenvalue weighted by molar-refractivity contribution is -0.220. The summed E-state index contributed by atoms with van der Waals surface area (Å²) in [7, 11) is -5.14. The highest BCUT2D eigenvalue weighted by Gasteiger charge is 2.51. The van der Waals surface area contributed by atoms with E-state index in [2.05, 4.69) is 50.3 Å². The molecule has 0 saturated heterocycles. The van der Waals surface area contributed by atoms with Gasteiger partial charge in [-0.15, -0.1) is 0 Å². The molecule has 1 aliphatic carbocycles. The van der Waals surface area contributed by atoms with E-state index >= 15 is 0 Å². The summed E-state index contributed by atoms with van der Waals surface area (Å²) in [6, 6.07) is 0. The van der Waals surface area contributed by atoms with Gasteiger partial charge < -0.3 is 39.9 Å². The molecule has 1 aliphatic rings. The third-order valence-corrected chi connectivity index (χ3v) is 13.2. The summed E-state index contributed by atoms with van der Waals surface area (Å²) in [4.78, 5) is 35.8. The van der Waals surface area contributed by atoms with Crippen LogP contribution in [0.25, 0.3) is 0 Å². The molecule has 8 atom stereocenters. The van der Waals surface area contributed by atoms with Gasteiger partial charge in [-0.25, -0.2) is 4.57 Å². The van der Waals surface area contributed by atoms with Crippen molar-refractivity contribution >= 4 is 19.8 Å². The Morgan fingerprint density at radius 2 is 0.821 bits per heavy atom. The highest BCUT2D eigenvalue weighted by molar-refractivity contribution is 7.47. The maximum Gasteiger partial charge on any atom is 0.472 e. The standard InChI is InChI=1S/C53H95O13P/c1-3-5-7-9-11-13-15-17-19-21-22-23-24-26-27-29-31-33-35-37-39-41-46(54)63-43-45(44-64-67(61,62)66-53-51(59)49(57)48(56)50(58)52(53)60)65-47(55)42-40-38-36-34-32-30-28-25-20-18-16-14-12-10-8-6-4-2/h12,14,18,20,28,30,34,36,45,48-53,56-60H,3-11,13,15-17,19,21-27,29,31-33,35,37-44H2,1-2H3,(H,61,62)/b14-12+,20-18+,30-28+,36-34+/t45-,48?,49-,50?,51?,52?,53?/m0/s1. The van der Waals surface area contributed by atoms with Gasteiger partial charge in [0.25, 0.3) is 0 Å². The van der Waals surface area contributed by atoms with Crippen molar-refractivity contribution in [2.24, 2.45) is 0 Å². The fraction of sp³-hybridized carbons (Fsp3) is 0.811. The van der Waals surface area contributed by atoms with Gasteiger partial charge in [-0.3, -0.25) is 18.6 Å². The molecule has 1 saturated carbocycles. The van der Waals surface area contributed by atoms with E-state index in [9.17, 15) is 44.6 Å². The van der Waals surface area contributed by atoms with Crippen molar-refractivity contribution in [3.05, 3.63) is 48.6 Å². The third kappa shape index (κ3) is 34.7. The van der Waals surface area contributed by atoms with Crippen LogP contribution in [0.1, 0.15) is 219 Å². The Labute approximate surface area is 405 Å². The number of carbonyl (C=O) groups is 2. The number of aliphatic hydroxyl groups excluding tert-OH is 5. The molecule has 1 fully saturated rings. The van der Waals surface area contributed by atoms with Crippen LogP contribution in [0.4, 0.5) is 0 Å². The van der Waals surface area contributed by atoms with Crippen LogP contribution in [-0.2, 0) is 32.7 Å². The van der Waals surface area contributed by atoms with Crippen LogP contribution < -0.4 is 0 Å². The van der Waals surface area contributed by atoms with Crippen molar-refractivity contribution in [2.75, 3.05) is 13.2 Å². The first-order valence-corrected chi connectivity index (χ1v) is 27.9. The zero-order chi connectivity index (χ0) is 49.2. The van der Waals surface area contributed by atoms with Gasteiger partial charge in [0.2, 0.25) is 0 Å². The summed E-state index contributed by atoms with van der Waals surface area (Å²) in [6.45, 7) is 3.26. The smallest absolute Gasteiger partial charge is 0.462 e. The molecule has 6 N–H and O–H groups in total. The Hall–Kier alpha value is -2.19. The van der Waals surface area contributed by atoms with E-state index in [4.69, 9.17) is 18.5 Å². The van der Waals surface area contributed by atoms with Crippen molar-refractivity contribution < 1.29 is 63.1 Å². The topological polar surface area (TPSA) is 210 Å². The highest BCUT2D eigenvalue weighted by atomic mass is 31.2. The van der Waals surface area contributed by atoms with Gasteiger partial charge in [-0.1, -0.05) is 204 Å². The number of hydrogen-bond donors (Lipinski definition) is 6. The summed E-state index contributed by atoms with van der Waals surface area (Å²) in [5.41, 5.74) is 0. The minimum absolute atomic E-state index is 0.0216. The monoisotopic (exact) mass is 971 g/mol. The van der Waals surface area contributed by atoms with Gasteiger partial charge in [0.05, 0.1) is 6.61 Å². The first-order valence-electron chi connectivity index (χ1n) is 26.4. The number of unbranched alkanes of at least 4 members (excludes halogenated alkanes) is 24. The quantitative estimate of drug-likeness (QED) is 0.0145. The third-order valence-electron chi connectivity index (χ3n) is 12.2. The number of ether oxygens (including phenoxy) is 2. The normalized spacial score (nSPS) is 21.5. The number of esters is 2. The molecule has 0 aromatic heterocycles. The van der Waals surface area contributed by atoms with E-state index < -0.39 is 75.7 Å². The average Bonchev–Trinajstić information content (AvgIpc) is 3.31. The van der Waals surface area contributed by atoms with Crippen LogP contribution >= 0.6 is 7.82 Å². The molecule has 390 valence electrons. The zero-order valence-electron chi connectivity index (χ0n) is 41.7.